The Morgan fingerprint density at radius 3 is 2.48 bits per heavy atom. The molecule has 2 aromatic rings. The van der Waals surface area contributed by atoms with Crippen molar-refractivity contribution in [3.8, 4) is 0 Å². The molecule has 1 amide bonds. The molecule has 1 aliphatic heterocycles. The lowest BCUT2D eigenvalue weighted by Gasteiger charge is -2.44. The molecule has 4 rings (SSSR count). The summed E-state index contributed by atoms with van der Waals surface area (Å²) < 4.78 is 5.95. The number of carboxylic acid groups (broad SMARTS) is 1. The van der Waals surface area contributed by atoms with Crippen LogP contribution >= 0.6 is 0 Å². The molecule has 0 spiro atoms. The zero-order valence-electron chi connectivity index (χ0n) is 13.9. The van der Waals surface area contributed by atoms with Gasteiger partial charge in [0.05, 0.1) is 24.5 Å². The van der Waals surface area contributed by atoms with Crippen LogP contribution in [0.15, 0.2) is 42.5 Å². The van der Waals surface area contributed by atoms with E-state index in [4.69, 9.17) is 9.84 Å². The van der Waals surface area contributed by atoms with E-state index in [1.807, 2.05) is 18.2 Å². The molecule has 130 valence electrons. The highest BCUT2D eigenvalue weighted by Gasteiger charge is 2.45. The Kier molecular flexibility index (Phi) is 4.17. The smallest absolute Gasteiger partial charge is 0.307 e. The van der Waals surface area contributed by atoms with Gasteiger partial charge in [-0.2, -0.15) is 0 Å². The molecule has 1 N–H and O–H groups in total. The first-order valence-electron chi connectivity index (χ1n) is 8.73. The number of aliphatic carboxylic acids is 1. The van der Waals surface area contributed by atoms with Crippen LogP contribution in [0.5, 0.6) is 0 Å². The number of ether oxygens (including phenoxy) is 1. The summed E-state index contributed by atoms with van der Waals surface area (Å²) in [7, 11) is 0. The van der Waals surface area contributed by atoms with Crippen LogP contribution in [0.1, 0.15) is 18.4 Å². The van der Waals surface area contributed by atoms with Gasteiger partial charge in [0.25, 0.3) is 0 Å². The Balaban J connectivity index is 1.30. The number of carboxylic acids is 1. The number of fused-ring (bicyclic) bond motifs is 1. The molecule has 25 heavy (non-hydrogen) atoms. The molecule has 1 saturated carbocycles. The van der Waals surface area contributed by atoms with Crippen LogP contribution in [0.3, 0.4) is 0 Å². The van der Waals surface area contributed by atoms with E-state index >= 15 is 0 Å². The molecule has 0 bridgehead atoms. The minimum atomic E-state index is -0.853. The van der Waals surface area contributed by atoms with Gasteiger partial charge in [-0.25, -0.2) is 0 Å². The minimum Gasteiger partial charge on any atom is -0.481 e. The van der Waals surface area contributed by atoms with Gasteiger partial charge in [0, 0.05) is 13.1 Å². The van der Waals surface area contributed by atoms with Gasteiger partial charge in [-0.15, -0.1) is 0 Å². The van der Waals surface area contributed by atoms with Crippen LogP contribution in [-0.2, 0) is 20.9 Å². The molecule has 0 radical (unpaired) electrons. The number of rotatable bonds is 5. The average molecular weight is 339 g/mol. The number of carbonyl (C=O) groups excluding carboxylic acids is 1. The van der Waals surface area contributed by atoms with E-state index in [1.165, 1.54) is 10.8 Å². The molecule has 0 unspecified atom stereocenters. The molecule has 1 aliphatic carbocycles. The fourth-order valence-corrected chi connectivity index (χ4v) is 3.68. The van der Waals surface area contributed by atoms with Crippen molar-refractivity contribution in [2.24, 2.45) is 11.8 Å². The van der Waals surface area contributed by atoms with Crippen molar-refractivity contribution in [2.75, 3.05) is 13.1 Å². The van der Waals surface area contributed by atoms with E-state index in [2.05, 4.69) is 24.3 Å². The molecule has 2 atom stereocenters. The molecule has 1 heterocycles. The van der Waals surface area contributed by atoms with Gasteiger partial charge in [0.15, 0.2) is 0 Å². The third-order valence-corrected chi connectivity index (χ3v) is 5.42. The largest absolute Gasteiger partial charge is 0.481 e. The maximum atomic E-state index is 12.3. The Bertz CT molecular complexity index is 807. The van der Waals surface area contributed by atoms with E-state index in [9.17, 15) is 9.59 Å². The van der Waals surface area contributed by atoms with E-state index in [1.54, 1.807) is 4.90 Å². The number of carbonyl (C=O) groups is 2. The van der Waals surface area contributed by atoms with E-state index < -0.39 is 11.9 Å². The van der Waals surface area contributed by atoms with E-state index in [0.717, 1.165) is 5.56 Å². The SMILES string of the molecule is O=C(O)[C@@H]1CC[C@@H]1C(=O)N1CC(OCc2cccc3ccccc23)C1. The lowest BCUT2D eigenvalue weighted by Crippen LogP contribution is -2.58. The molecule has 2 aliphatic rings. The van der Waals surface area contributed by atoms with Crippen molar-refractivity contribution in [3.05, 3.63) is 48.0 Å². The van der Waals surface area contributed by atoms with Crippen molar-refractivity contribution >= 4 is 22.6 Å². The Morgan fingerprint density at radius 2 is 1.76 bits per heavy atom. The van der Waals surface area contributed by atoms with Crippen LogP contribution < -0.4 is 0 Å². The van der Waals surface area contributed by atoms with Gasteiger partial charge < -0.3 is 14.7 Å². The van der Waals surface area contributed by atoms with Crippen LogP contribution in [0.4, 0.5) is 0 Å². The predicted molar refractivity (Wildman–Crippen MR) is 93.0 cm³/mol. The van der Waals surface area contributed by atoms with Crippen LogP contribution in [0.25, 0.3) is 10.8 Å². The van der Waals surface area contributed by atoms with Crippen LogP contribution in [0.2, 0.25) is 0 Å². The summed E-state index contributed by atoms with van der Waals surface area (Å²) in [5.41, 5.74) is 1.15. The van der Waals surface area contributed by atoms with Crippen LogP contribution in [0, 0.1) is 11.8 Å². The maximum Gasteiger partial charge on any atom is 0.307 e. The number of nitrogens with zero attached hydrogens (tertiary/aromatic N) is 1. The topological polar surface area (TPSA) is 66.8 Å². The molecular weight excluding hydrogens is 318 g/mol. The summed E-state index contributed by atoms with van der Waals surface area (Å²) in [6.07, 6.45) is 1.33. The zero-order valence-corrected chi connectivity index (χ0v) is 13.9. The first kappa shape index (κ1) is 16.1. The van der Waals surface area contributed by atoms with Gasteiger partial charge in [-0.05, 0) is 29.2 Å². The third-order valence-electron chi connectivity index (χ3n) is 5.42. The first-order chi connectivity index (χ1) is 12.1. The second kappa shape index (κ2) is 6.48. The highest BCUT2D eigenvalue weighted by Crippen LogP contribution is 2.37. The summed E-state index contributed by atoms with van der Waals surface area (Å²) in [4.78, 5) is 25.1. The summed E-state index contributed by atoms with van der Waals surface area (Å²) >= 11 is 0. The molecule has 2 aromatic carbocycles. The summed E-state index contributed by atoms with van der Waals surface area (Å²) in [6, 6.07) is 14.4. The number of likely N-dealkylation sites (tertiary alicyclic amines) is 1. The summed E-state index contributed by atoms with van der Waals surface area (Å²) in [6.45, 7) is 1.65. The number of hydrogen-bond acceptors (Lipinski definition) is 3. The molecule has 5 heteroatoms. The summed E-state index contributed by atoms with van der Waals surface area (Å²) in [5, 5.41) is 11.5. The second-order valence-electron chi connectivity index (χ2n) is 6.94. The van der Waals surface area contributed by atoms with E-state index in [0.29, 0.717) is 32.5 Å². The Labute approximate surface area is 146 Å². The maximum absolute atomic E-state index is 12.3. The highest BCUT2D eigenvalue weighted by atomic mass is 16.5. The lowest BCUT2D eigenvalue weighted by molar-refractivity contribution is -0.164. The van der Waals surface area contributed by atoms with Gasteiger partial charge in [-0.3, -0.25) is 9.59 Å². The predicted octanol–water partition coefficient (Wildman–Crippen LogP) is 2.68. The monoisotopic (exact) mass is 339 g/mol. The van der Waals surface area contributed by atoms with Gasteiger partial charge >= 0.3 is 5.97 Å². The molecule has 2 fully saturated rings. The second-order valence-corrected chi connectivity index (χ2v) is 6.94. The van der Waals surface area contributed by atoms with Crippen molar-refractivity contribution < 1.29 is 19.4 Å². The summed E-state index contributed by atoms with van der Waals surface area (Å²) in [5.74, 6) is -1.71. The molecule has 0 aromatic heterocycles. The lowest BCUT2D eigenvalue weighted by atomic mass is 9.72. The Hall–Kier alpha value is -2.40. The van der Waals surface area contributed by atoms with Crippen molar-refractivity contribution in [3.63, 3.8) is 0 Å². The van der Waals surface area contributed by atoms with Gasteiger partial charge in [-0.1, -0.05) is 42.5 Å². The fourth-order valence-electron chi connectivity index (χ4n) is 3.68. The minimum absolute atomic E-state index is 0.0244. The molecule has 5 nitrogen and oxygen atoms in total. The first-order valence-corrected chi connectivity index (χ1v) is 8.73. The number of amides is 1. The van der Waals surface area contributed by atoms with Gasteiger partial charge in [0.2, 0.25) is 5.91 Å². The van der Waals surface area contributed by atoms with Crippen molar-refractivity contribution in [1.29, 1.82) is 0 Å². The van der Waals surface area contributed by atoms with Crippen molar-refractivity contribution in [2.45, 2.75) is 25.6 Å². The van der Waals surface area contributed by atoms with Crippen molar-refractivity contribution in [1.82, 2.24) is 4.90 Å². The number of benzene rings is 2. The van der Waals surface area contributed by atoms with Crippen LogP contribution in [-0.4, -0.2) is 41.1 Å². The Morgan fingerprint density at radius 1 is 1.04 bits per heavy atom. The standard InChI is InChI=1S/C20H21NO4/c22-19(17-8-9-18(17)20(23)24)21-10-15(11-21)25-12-14-6-3-5-13-4-1-2-7-16(13)14/h1-7,15,17-18H,8-12H2,(H,23,24)/t17-,18+/m0/s1. The highest BCUT2D eigenvalue weighted by molar-refractivity contribution is 5.87. The zero-order chi connectivity index (χ0) is 17.4. The quantitative estimate of drug-likeness (QED) is 0.909. The third kappa shape index (κ3) is 3.00. The molecular formula is C20H21NO4. The van der Waals surface area contributed by atoms with E-state index in [-0.39, 0.29) is 17.9 Å². The number of hydrogen-bond donors (Lipinski definition) is 1. The fraction of sp³-hybridized carbons (Fsp3) is 0.400. The molecule has 1 saturated heterocycles. The average Bonchev–Trinajstić information content (AvgIpc) is 2.51. The van der Waals surface area contributed by atoms with Gasteiger partial charge in [0.1, 0.15) is 0 Å². The normalized spacial score (nSPS) is 23.1.